The second kappa shape index (κ2) is 7.91. The fourth-order valence-electron chi connectivity index (χ4n) is 2.62. The normalized spacial score (nSPS) is 18.7. The summed E-state index contributed by atoms with van der Waals surface area (Å²) in [6.45, 7) is 8.39. The lowest BCUT2D eigenvalue weighted by Crippen LogP contribution is -2.51. The third kappa shape index (κ3) is 5.03. The minimum atomic E-state index is -0.821. The Balaban J connectivity index is 2.78. The Morgan fingerprint density at radius 3 is 2.30 bits per heavy atom. The van der Waals surface area contributed by atoms with Crippen LogP contribution in [0.25, 0.3) is 0 Å². The first kappa shape index (κ1) is 19.6. The highest BCUT2D eigenvalue weighted by atomic mass is 32.2. The summed E-state index contributed by atoms with van der Waals surface area (Å²) in [5.74, 6) is -1.30. The second-order valence-electron chi connectivity index (χ2n) is 6.55. The second-order valence-corrected chi connectivity index (χ2v) is 7.77. The Hall–Kier alpha value is -1.42. The van der Waals surface area contributed by atoms with Crippen LogP contribution >= 0.6 is 11.8 Å². The minimum absolute atomic E-state index is 0.255. The Kier molecular flexibility index (Phi) is 6.75. The van der Waals surface area contributed by atoms with Crippen LogP contribution in [0, 0.1) is 17.2 Å². The van der Waals surface area contributed by atoms with Crippen LogP contribution in [0.15, 0.2) is 0 Å². The van der Waals surface area contributed by atoms with Gasteiger partial charge >= 0.3 is 12.1 Å². The molecule has 0 N–H and O–H groups in total. The summed E-state index contributed by atoms with van der Waals surface area (Å²) in [5.41, 5.74) is -0.536. The molecule has 1 amide bonds. The molecule has 130 valence electrons. The third-order valence-corrected chi connectivity index (χ3v) is 5.30. The van der Waals surface area contributed by atoms with E-state index in [1.54, 1.807) is 11.8 Å². The molecule has 0 radical (unpaired) electrons. The lowest BCUT2D eigenvalue weighted by molar-refractivity contribution is -0.147. The lowest BCUT2D eigenvalue weighted by Gasteiger charge is -2.42. The van der Waals surface area contributed by atoms with Crippen molar-refractivity contribution in [1.29, 1.82) is 5.26 Å². The third-order valence-electron chi connectivity index (χ3n) is 3.85. The van der Waals surface area contributed by atoms with Gasteiger partial charge in [-0.25, -0.2) is 4.79 Å². The summed E-state index contributed by atoms with van der Waals surface area (Å²) >= 11 is 1.50. The van der Waals surface area contributed by atoms with Gasteiger partial charge in [0.25, 0.3) is 0 Å². The number of hydrogen-bond donors (Lipinski definition) is 0. The molecule has 7 heteroatoms. The number of carbonyl (C=O) groups is 2. The number of esters is 1. The molecule has 1 atom stereocenters. The van der Waals surface area contributed by atoms with Crippen LogP contribution in [0.2, 0.25) is 0 Å². The number of nitrogens with zero attached hydrogens (tertiary/aromatic N) is 2. The van der Waals surface area contributed by atoms with Gasteiger partial charge in [0.15, 0.2) is 5.92 Å². The number of nitriles is 1. The van der Waals surface area contributed by atoms with Crippen molar-refractivity contribution in [3.8, 4) is 6.07 Å². The Bertz CT molecular complexity index is 473. The number of amides is 1. The average Bonchev–Trinajstić information content (AvgIpc) is 2.47. The number of likely N-dealkylation sites (tertiary alicyclic amines) is 1. The van der Waals surface area contributed by atoms with E-state index in [2.05, 4.69) is 6.07 Å². The molecular weight excluding hydrogens is 316 g/mol. The summed E-state index contributed by atoms with van der Waals surface area (Å²) in [7, 11) is 0. The molecule has 0 aromatic heterocycles. The topological polar surface area (TPSA) is 79.6 Å². The molecule has 0 bridgehead atoms. The number of hydrogen-bond acceptors (Lipinski definition) is 6. The predicted octanol–water partition coefficient (Wildman–Crippen LogP) is 2.82. The molecule has 1 fully saturated rings. The van der Waals surface area contributed by atoms with Crippen LogP contribution in [0.3, 0.4) is 0 Å². The van der Waals surface area contributed by atoms with Gasteiger partial charge in [-0.1, -0.05) is 0 Å². The van der Waals surface area contributed by atoms with Crippen LogP contribution < -0.4 is 0 Å². The molecule has 1 aliphatic rings. The van der Waals surface area contributed by atoms with Gasteiger partial charge in [0.1, 0.15) is 5.60 Å². The molecule has 1 heterocycles. The Morgan fingerprint density at radius 1 is 1.35 bits per heavy atom. The van der Waals surface area contributed by atoms with Crippen molar-refractivity contribution >= 4 is 23.8 Å². The highest BCUT2D eigenvalue weighted by molar-refractivity contribution is 8.00. The highest BCUT2D eigenvalue weighted by Gasteiger charge is 2.47. The SMILES string of the molecule is CCOC(=O)C(C#N)C1(SC)CCN(C(=O)OC(C)(C)C)CC1. The maximum Gasteiger partial charge on any atom is 0.410 e. The molecule has 0 aromatic carbocycles. The summed E-state index contributed by atoms with van der Waals surface area (Å²) in [6.07, 6.45) is 2.67. The first-order chi connectivity index (χ1) is 10.7. The first-order valence-corrected chi connectivity index (χ1v) is 9.01. The molecule has 0 aliphatic carbocycles. The minimum Gasteiger partial charge on any atom is -0.465 e. The molecule has 23 heavy (non-hydrogen) atoms. The van der Waals surface area contributed by atoms with Gasteiger partial charge in [-0.15, -0.1) is 0 Å². The van der Waals surface area contributed by atoms with Crippen LogP contribution in [-0.2, 0) is 14.3 Å². The van der Waals surface area contributed by atoms with E-state index < -0.39 is 22.2 Å². The van der Waals surface area contributed by atoms with Crippen LogP contribution in [0.5, 0.6) is 0 Å². The highest BCUT2D eigenvalue weighted by Crippen LogP contribution is 2.41. The van der Waals surface area contributed by atoms with Gasteiger partial charge in [0, 0.05) is 17.8 Å². The summed E-state index contributed by atoms with van der Waals surface area (Å²) in [5, 5.41) is 9.43. The van der Waals surface area contributed by atoms with Gasteiger partial charge in [-0.3, -0.25) is 4.79 Å². The Morgan fingerprint density at radius 2 is 1.91 bits per heavy atom. The number of rotatable bonds is 4. The first-order valence-electron chi connectivity index (χ1n) is 7.78. The number of piperidine rings is 1. The molecule has 1 rings (SSSR count). The van der Waals surface area contributed by atoms with E-state index in [9.17, 15) is 14.9 Å². The fourth-order valence-corrected chi connectivity index (χ4v) is 3.59. The van der Waals surface area contributed by atoms with Crippen molar-refractivity contribution < 1.29 is 19.1 Å². The van der Waals surface area contributed by atoms with Crippen molar-refractivity contribution in [1.82, 2.24) is 4.90 Å². The molecule has 1 unspecified atom stereocenters. The standard InChI is InChI=1S/C16H26N2O4S/c1-6-21-13(19)12(11-17)16(23-5)7-9-18(10-8-16)14(20)22-15(2,3)4/h12H,6-10H2,1-5H3. The van der Waals surface area contributed by atoms with E-state index in [0.717, 1.165) is 0 Å². The van der Waals surface area contributed by atoms with Crippen LogP contribution in [0.1, 0.15) is 40.5 Å². The van der Waals surface area contributed by atoms with Gasteiger partial charge < -0.3 is 14.4 Å². The van der Waals surface area contributed by atoms with E-state index in [-0.39, 0.29) is 12.7 Å². The van der Waals surface area contributed by atoms with Gasteiger partial charge in [0.2, 0.25) is 0 Å². The quantitative estimate of drug-likeness (QED) is 0.731. The zero-order valence-electron chi connectivity index (χ0n) is 14.5. The molecule has 0 aromatic rings. The summed E-state index contributed by atoms with van der Waals surface area (Å²) in [4.78, 5) is 25.8. The molecule has 6 nitrogen and oxygen atoms in total. The van der Waals surface area contributed by atoms with Crippen molar-refractivity contribution in [2.45, 2.75) is 50.9 Å². The molecule has 0 saturated carbocycles. The van der Waals surface area contributed by atoms with Crippen molar-refractivity contribution in [2.24, 2.45) is 5.92 Å². The van der Waals surface area contributed by atoms with E-state index in [4.69, 9.17) is 9.47 Å². The lowest BCUT2D eigenvalue weighted by atomic mass is 9.84. The van der Waals surface area contributed by atoms with Crippen molar-refractivity contribution in [3.63, 3.8) is 0 Å². The number of ether oxygens (including phenoxy) is 2. The monoisotopic (exact) mass is 342 g/mol. The van der Waals surface area contributed by atoms with Crippen molar-refractivity contribution in [3.05, 3.63) is 0 Å². The van der Waals surface area contributed by atoms with E-state index >= 15 is 0 Å². The van der Waals surface area contributed by atoms with E-state index in [1.165, 1.54) is 11.8 Å². The smallest absolute Gasteiger partial charge is 0.410 e. The zero-order chi connectivity index (χ0) is 17.7. The molecule has 1 saturated heterocycles. The van der Waals surface area contributed by atoms with Gasteiger partial charge in [-0.05, 0) is 46.8 Å². The number of thioether (sulfide) groups is 1. The van der Waals surface area contributed by atoms with E-state index in [1.807, 2.05) is 27.0 Å². The molecular formula is C16H26N2O4S. The van der Waals surface area contributed by atoms with Gasteiger partial charge in [0.05, 0.1) is 12.7 Å². The summed E-state index contributed by atoms with van der Waals surface area (Å²) in [6, 6.07) is 2.10. The zero-order valence-corrected chi connectivity index (χ0v) is 15.4. The maximum atomic E-state index is 12.1. The van der Waals surface area contributed by atoms with Gasteiger partial charge in [-0.2, -0.15) is 17.0 Å². The summed E-state index contributed by atoms with van der Waals surface area (Å²) < 4.78 is 9.90. The molecule has 0 spiro atoms. The largest absolute Gasteiger partial charge is 0.465 e. The van der Waals surface area contributed by atoms with E-state index in [0.29, 0.717) is 25.9 Å². The average molecular weight is 342 g/mol. The van der Waals surface area contributed by atoms with Crippen molar-refractivity contribution in [2.75, 3.05) is 26.0 Å². The Labute approximate surface area is 142 Å². The van der Waals surface area contributed by atoms with Crippen LogP contribution in [-0.4, -0.2) is 53.3 Å². The fraction of sp³-hybridized carbons (Fsp3) is 0.812. The molecule has 1 aliphatic heterocycles. The maximum absolute atomic E-state index is 12.1. The predicted molar refractivity (Wildman–Crippen MR) is 89.0 cm³/mol. The van der Waals surface area contributed by atoms with Crippen LogP contribution in [0.4, 0.5) is 4.79 Å². The number of carbonyl (C=O) groups excluding carboxylic acids is 2.